The van der Waals surface area contributed by atoms with Gasteiger partial charge in [-0.1, -0.05) is 35.1 Å². The molecule has 0 unspecified atom stereocenters. The van der Waals surface area contributed by atoms with E-state index in [1.807, 2.05) is 41.5 Å². The SMILES string of the molecule is Cc1ccc(S(=O)(=O)OC[C@H](O)c2ccc(OC(C)(C)C)c3nc(OC(C)C)sc23)cc1. The van der Waals surface area contributed by atoms with Crippen molar-refractivity contribution < 1.29 is 27.2 Å². The number of nitrogens with zero attached hydrogens (tertiary/aromatic N) is 1. The highest BCUT2D eigenvalue weighted by Gasteiger charge is 2.24. The van der Waals surface area contributed by atoms with Crippen LogP contribution < -0.4 is 9.47 Å². The molecule has 1 aromatic heterocycles. The van der Waals surface area contributed by atoms with E-state index < -0.39 is 28.4 Å². The fourth-order valence-electron chi connectivity index (χ4n) is 2.93. The molecule has 0 amide bonds. The molecule has 7 nitrogen and oxygen atoms in total. The van der Waals surface area contributed by atoms with Crippen molar-refractivity contribution in [1.29, 1.82) is 0 Å². The molecule has 32 heavy (non-hydrogen) atoms. The Hall–Kier alpha value is -2.20. The van der Waals surface area contributed by atoms with E-state index in [4.69, 9.17) is 13.7 Å². The van der Waals surface area contributed by atoms with Gasteiger partial charge in [-0.15, -0.1) is 0 Å². The Morgan fingerprint density at radius 2 is 1.75 bits per heavy atom. The maximum Gasteiger partial charge on any atom is 0.297 e. The smallest absolute Gasteiger partial charge is 0.297 e. The van der Waals surface area contributed by atoms with Gasteiger partial charge in [-0.05, 0) is 59.7 Å². The summed E-state index contributed by atoms with van der Waals surface area (Å²) in [6.07, 6.45) is -1.26. The molecule has 174 valence electrons. The van der Waals surface area contributed by atoms with E-state index in [1.165, 1.54) is 23.5 Å². The molecule has 0 spiro atoms. The van der Waals surface area contributed by atoms with Crippen LogP contribution in [-0.4, -0.2) is 36.8 Å². The Kier molecular flexibility index (Phi) is 7.14. The summed E-state index contributed by atoms with van der Waals surface area (Å²) in [6.45, 7) is 11.0. The third kappa shape index (κ3) is 5.98. The van der Waals surface area contributed by atoms with Gasteiger partial charge in [0.1, 0.15) is 23.0 Å². The van der Waals surface area contributed by atoms with Crippen molar-refractivity contribution in [3.8, 4) is 10.9 Å². The number of hydrogen-bond acceptors (Lipinski definition) is 8. The molecule has 0 fully saturated rings. The highest BCUT2D eigenvalue weighted by atomic mass is 32.2. The molecule has 9 heteroatoms. The van der Waals surface area contributed by atoms with E-state index in [1.54, 1.807) is 24.3 Å². The lowest BCUT2D eigenvalue weighted by Crippen LogP contribution is -2.23. The third-order valence-electron chi connectivity index (χ3n) is 4.32. The van der Waals surface area contributed by atoms with Crippen LogP contribution in [0, 0.1) is 6.92 Å². The van der Waals surface area contributed by atoms with E-state index in [0.29, 0.717) is 26.7 Å². The van der Waals surface area contributed by atoms with Gasteiger partial charge < -0.3 is 14.6 Å². The lowest BCUT2D eigenvalue weighted by Gasteiger charge is -2.22. The Morgan fingerprint density at radius 3 is 2.34 bits per heavy atom. The summed E-state index contributed by atoms with van der Waals surface area (Å²) in [6, 6.07) is 9.77. The average Bonchev–Trinajstić information content (AvgIpc) is 3.09. The van der Waals surface area contributed by atoms with E-state index in [2.05, 4.69) is 4.98 Å². The lowest BCUT2D eigenvalue weighted by atomic mass is 10.1. The van der Waals surface area contributed by atoms with Gasteiger partial charge in [0, 0.05) is 5.56 Å². The number of rotatable bonds is 8. The Morgan fingerprint density at radius 1 is 1.09 bits per heavy atom. The van der Waals surface area contributed by atoms with Gasteiger partial charge in [-0.25, -0.2) is 0 Å². The minimum absolute atomic E-state index is 0.0415. The number of aromatic nitrogens is 1. The molecule has 1 heterocycles. The van der Waals surface area contributed by atoms with Crippen LogP contribution in [0.25, 0.3) is 10.2 Å². The molecule has 3 rings (SSSR count). The first-order valence-corrected chi connectivity index (χ1v) is 12.5. The molecule has 0 aliphatic carbocycles. The Labute approximate surface area is 193 Å². The summed E-state index contributed by atoms with van der Waals surface area (Å²) in [5.41, 5.74) is 1.55. The maximum absolute atomic E-state index is 12.5. The number of fused-ring (bicyclic) bond motifs is 1. The van der Waals surface area contributed by atoms with E-state index in [9.17, 15) is 13.5 Å². The van der Waals surface area contributed by atoms with Gasteiger partial charge >= 0.3 is 0 Å². The van der Waals surface area contributed by atoms with Gasteiger partial charge in [-0.3, -0.25) is 4.18 Å². The molecule has 1 N–H and O–H groups in total. The molecule has 3 aromatic rings. The number of ether oxygens (including phenoxy) is 2. The van der Waals surface area contributed by atoms with Crippen molar-refractivity contribution in [1.82, 2.24) is 4.98 Å². The zero-order valence-corrected chi connectivity index (χ0v) is 20.7. The normalized spacial score (nSPS) is 13.5. The summed E-state index contributed by atoms with van der Waals surface area (Å²) < 4.78 is 42.6. The van der Waals surface area contributed by atoms with Gasteiger partial charge in [-0.2, -0.15) is 13.4 Å². The molecule has 0 radical (unpaired) electrons. The third-order valence-corrected chi connectivity index (χ3v) is 6.61. The minimum atomic E-state index is -4.00. The molecule has 0 saturated heterocycles. The zero-order valence-electron chi connectivity index (χ0n) is 19.1. The summed E-state index contributed by atoms with van der Waals surface area (Å²) in [7, 11) is -4.00. The maximum atomic E-state index is 12.5. The topological polar surface area (TPSA) is 95.0 Å². The van der Waals surface area contributed by atoms with E-state index in [-0.39, 0.29) is 11.0 Å². The van der Waals surface area contributed by atoms with Crippen molar-refractivity contribution in [3.05, 3.63) is 47.5 Å². The molecule has 2 aromatic carbocycles. The molecule has 0 aliphatic heterocycles. The van der Waals surface area contributed by atoms with E-state index >= 15 is 0 Å². The van der Waals surface area contributed by atoms with Crippen LogP contribution in [0.4, 0.5) is 0 Å². The van der Waals surface area contributed by atoms with Crippen LogP contribution in [-0.2, 0) is 14.3 Å². The second-order valence-corrected chi connectivity index (χ2v) is 11.3. The highest BCUT2D eigenvalue weighted by Crippen LogP contribution is 2.40. The van der Waals surface area contributed by atoms with Crippen LogP contribution in [0.5, 0.6) is 10.9 Å². The fraction of sp³-hybridized carbons (Fsp3) is 0.435. The molecular formula is C23H29NO6S2. The van der Waals surface area contributed by atoms with Crippen molar-refractivity contribution in [2.24, 2.45) is 0 Å². The van der Waals surface area contributed by atoms with Crippen molar-refractivity contribution >= 4 is 31.7 Å². The Bertz CT molecular complexity index is 1180. The summed E-state index contributed by atoms with van der Waals surface area (Å²) in [5.74, 6) is 0.562. The van der Waals surface area contributed by atoms with Crippen LogP contribution in [0.1, 0.15) is 51.8 Å². The molecule has 1 atom stereocenters. The summed E-state index contributed by atoms with van der Waals surface area (Å²) in [4.78, 5) is 4.59. The standard InChI is InChI=1S/C23H29NO6S2/c1-14(2)29-22-24-20-19(30-23(4,5)6)12-11-17(21(20)31-22)18(25)13-28-32(26,27)16-9-7-15(3)8-10-16/h7-12,14,18,25H,13H2,1-6H3/t18-/m0/s1. The first-order valence-electron chi connectivity index (χ1n) is 10.3. The number of thiazole rings is 1. The van der Waals surface area contributed by atoms with Gasteiger partial charge in [0.05, 0.1) is 22.3 Å². The number of aryl methyl sites for hydroxylation is 1. The molecule has 0 saturated carbocycles. The number of benzene rings is 2. The van der Waals surface area contributed by atoms with Crippen molar-refractivity contribution in [2.75, 3.05) is 6.61 Å². The second-order valence-electron chi connectivity index (χ2n) is 8.76. The van der Waals surface area contributed by atoms with Crippen LogP contribution in [0.15, 0.2) is 41.3 Å². The Balaban J connectivity index is 1.90. The number of aliphatic hydroxyl groups excluding tert-OH is 1. The quantitative estimate of drug-likeness (QED) is 0.454. The monoisotopic (exact) mass is 479 g/mol. The average molecular weight is 480 g/mol. The summed E-state index contributed by atoms with van der Waals surface area (Å²) in [5, 5.41) is 11.2. The highest BCUT2D eigenvalue weighted by molar-refractivity contribution is 7.86. The molecule has 0 aliphatic rings. The zero-order chi connectivity index (χ0) is 23.7. The first-order chi connectivity index (χ1) is 14.9. The fourth-order valence-corrected chi connectivity index (χ4v) is 4.96. The predicted octanol–water partition coefficient (Wildman–Crippen LogP) is 5.01. The first kappa shape index (κ1) is 24.4. The van der Waals surface area contributed by atoms with Crippen molar-refractivity contribution in [3.63, 3.8) is 0 Å². The number of aliphatic hydroxyl groups is 1. The molecule has 0 bridgehead atoms. The number of hydrogen-bond donors (Lipinski definition) is 1. The second kappa shape index (κ2) is 9.35. The van der Waals surface area contributed by atoms with Crippen LogP contribution in [0.2, 0.25) is 0 Å². The minimum Gasteiger partial charge on any atom is -0.486 e. The lowest BCUT2D eigenvalue weighted by molar-refractivity contribution is 0.112. The largest absolute Gasteiger partial charge is 0.486 e. The van der Waals surface area contributed by atoms with Gasteiger partial charge in [0.25, 0.3) is 15.3 Å². The predicted molar refractivity (Wildman–Crippen MR) is 125 cm³/mol. The van der Waals surface area contributed by atoms with Gasteiger partial charge in [0.2, 0.25) is 0 Å². The van der Waals surface area contributed by atoms with Crippen LogP contribution >= 0.6 is 11.3 Å². The van der Waals surface area contributed by atoms with Crippen molar-refractivity contribution in [2.45, 2.75) is 64.2 Å². The van der Waals surface area contributed by atoms with E-state index in [0.717, 1.165) is 5.56 Å². The van der Waals surface area contributed by atoms with Gasteiger partial charge in [0.15, 0.2) is 0 Å². The molecular weight excluding hydrogens is 450 g/mol. The summed E-state index contributed by atoms with van der Waals surface area (Å²) >= 11 is 1.27. The van der Waals surface area contributed by atoms with Crippen LogP contribution in [0.3, 0.4) is 0 Å².